The molecule has 0 saturated carbocycles. The maximum absolute atomic E-state index is 13.1. The van der Waals surface area contributed by atoms with Crippen LogP contribution in [0.1, 0.15) is 11.1 Å². The summed E-state index contributed by atoms with van der Waals surface area (Å²) in [5.74, 6) is 4.69. The third-order valence-corrected chi connectivity index (χ3v) is 2.84. The molecule has 0 spiro atoms. The average Bonchev–Trinajstić information content (AvgIpc) is 2.54. The van der Waals surface area contributed by atoms with Crippen LogP contribution in [0.2, 0.25) is 5.15 Å². The lowest BCUT2D eigenvalue weighted by molar-refractivity contribution is 0.141. The van der Waals surface area contributed by atoms with Gasteiger partial charge in [0, 0.05) is 11.8 Å². The summed E-state index contributed by atoms with van der Waals surface area (Å²) in [6.07, 6.45) is 0.783. The monoisotopic (exact) mass is 318 g/mol. The van der Waals surface area contributed by atoms with Gasteiger partial charge in [0.15, 0.2) is 11.0 Å². The van der Waals surface area contributed by atoms with Crippen molar-refractivity contribution in [3.63, 3.8) is 0 Å². The number of carbonyl (C=O) groups excluding carboxylic acids is 1. The third-order valence-electron chi connectivity index (χ3n) is 2.56. The van der Waals surface area contributed by atoms with Gasteiger partial charge < -0.3 is 10.1 Å². The van der Waals surface area contributed by atoms with Crippen molar-refractivity contribution in [2.45, 2.75) is 6.61 Å². The van der Waals surface area contributed by atoms with Crippen molar-refractivity contribution >= 4 is 17.7 Å². The summed E-state index contributed by atoms with van der Waals surface area (Å²) in [5, 5.41) is 2.27. The maximum atomic E-state index is 13.1. The summed E-state index contributed by atoms with van der Waals surface area (Å²) in [6, 6.07) is 10.5. The molecule has 0 unspecified atom stereocenters. The highest BCUT2D eigenvalue weighted by molar-refractivity contribution is 6.29. The number of benzene rings is 1. The van der Waals surface area contributed by atoms with Gasteiger partial charge in [0.2, 0.25) is 0 Å². The Morgan fingerprint density at radius 1 is 1.36 bits per heavy atom. The van der Waals surface area contributed by atoms with Crippen LogP contribution in [0.5, 0.6) is 0 Å². The van der Waals surface area contributed by atoms with Crippen LogP contribution in [0.15, 0.2) is 42.6 Å². The predicted octanol–water partition coefficient (Wildman–Crippen LogP) is 3.15. The zero-order valence-corrected chi connectivity index (χ0v) is 12.2. The van der Waals surface area contributed by atoms with Gasteiger partial charge in [0.05, 0.1) is 6.54 Å². The number of alkyl carbamates (subject to hydrolysis) is 1. The number of hydrogen-bond donors (Lipinski definition) is 1. The highest BCUT2D eigenvalue weighted by Crippen LogP contribution is 2.10. The second-order valence-electron chi connectivity index (χ2n) is 4.21. The third kappa shape index (κ3) is 5.08. The lowest BCUT2D eigenvalue weighted by atomic mass is 10.2. The highest BCUT2D eigenvalue weighted by atomic mass is 35.5. The van der Waals surface area contributed by atoms with Crippen molar-refractivity contribution in [3.8, 4) is 11.8 Å². The number of hydrogen-bond acceptors (Lipinski definition) is 3. The molecule has 0 bridgehead atoms. The van der Waals surface area contributed by atoms with E-state index in [1.165, 1.54) is 12.3 Å². The molecule has 0 aliphatic carbocycles. The van der Waals surface area contributed by atoms with E-state index >= 15 is 0 Å². The smallest absolute Gasteiger partial charge is 0.408 e. The zero-order valence-electron chi connectivity index (χ0n) is 11.5. The Kier molecular flexibility index (Phi) is 5.75. The van der Waals surface area contributed by atoms with E-state index in [4.69, 9.17) is 16.3 Å². The second-order valence-corrected chi connectivity index (χ2v) is 4.57. The summed E-state index contributed by atoms with van der Waals surface area (Å²) < 4.78 is 18.1. The molecule has 0 radical (unpaired) electrons. The molecule has 0 fully saturated rings. The summed E-state index contributed by atoms with van der Waals surface area (Å²) in [5.41, 5.74) is 1.27. The molecule has 1 N–H and O–H groups in total. The maximum Gasteiger partial charge on any atom is 0.408 e. The van der Waals surface area contributed by atoms with Crippen molar-refractivity contribution in [1.29, 1.82) is 0 Å². The molecule has 1 aromatic heterocycles. The highest BCUT2D eigenvalue weighted by Gasteiger charge is 2.01. The van der Waals surface area contributed by atoms with Crippen LogP contribution >= 0.6 is 11.6 Å². The molecule has 6 heteroatoms. The standard InChI is InChI=1S/C16H12ClFN2O2/c17-15-14(18)9-13(10-20-15)7-4-8-19-16(21)22-11-12-5-2-1-3-6-12/h1-3,5-6,9-10H,8,11H2,(H,19,21). The molecule has 1 amide bonds. The van der Waals surface area contributed by atoms with Crippen LogP contribution < -0.4 is 5.32 Å². The van der Waals surface area contributed by atoms with E-state index in [0.717, 1.165) is 5.56 Å². The van der Waals surface area contributed by atoms with E-state index in [-0.39, 0.29) is 18.3 Å². The molecule has 2 rings (SSSR count). The molecule has 112 valence electrons. The number of carbonyl (C=O) groups is 1. The van der Waals surface area contributed by atoms with Crippen molar-refractivity contribution in [3.05, 3.63) is 64.7 Å². The van der Waals surface area contributed by atoms with E-state index in [1.54, 1.807) is 0 Å². The number of amides is 1. The minimum Gasteiger partial charge on any atom is -0.445 e. The lowest BCUT2D eigenvalue weighted by Crippen LogP contribution is -2.24. The first-order chi connectivity index (χ1) is 10.6. The molecule has 1 heterocycles. The van der Waals surface area contributed by atoms with Gasteiger partial charge in [-0.25, -0.2) is 14.2 Å². The number of nitrogens with zero attached hydrogens (tertiary/aromatic N) is 1. The van der Waals surface area contributed by atoms with Gasteiger partial charge in [0.1, 0.15) is 6.61 Å². The Labute approximate surface area is 132 Å². The largest absolute Gasteiger partial charge is 0.445 e. The molecule has 0 aliphatic heterocycles. The summed E-state index contributed by atoms with van der Waals surface area (Å²) >= 11 is 5.46. The average molecular weight is 319 g/mol. The lowest BCUT2D eigenvalue weighted by Gasteiger charge is -2.04. The van der Waals surface area contributed by atoms with Gasteiger partial charge in [-0.2, -0.15) is 0 Å². The van der Waals surface area contributed by atoms with Gasteiger partial charge in [-0.05, 0) is 11.6 Å². The number of nitrogens with one attached hydrogen (secondary N) is 1. The molecule has 0 atom stereocenters. The Morgan fingerprint density at radius 3 is 2.86 bits per heavy atom. The number of ether oxygens (including phenoxy) is 1. The van der Waals surface area contributed by atoms with E-state index in [1.807, 2.05) is 30.3 Å². The molecule has 0 saturated heterocycles. The van der Waals surface area contributed by atoms with Crippen LogP contribution in [-0.4, -0.2) is 17.6 Å². The van der Waals surface area contributed by atoms with E-state index < -0.39 is 11.9 Å². The quantitative estimate of drug-likeness (QED) is 0.698. The van der Waals surface area contributed by atoms with Crippen LogP contribution in [0.4, 0.5) is 9.18 Å². The predicted molar refractivity (Wildman–Crippen MR) is 80.7 cm³/mol. The fourth-order valence-corrected chi connectivity index (χ4v) is 1.63. The Balaban J connectivity index is 1.75. The SMILES string of the molecule is O=C(NCC#Cc1cnc(Cl)c(F)c1)OCc1ccccc1. The van der Waals surface area contributed by atoms with Gasteiger partial charge in [-0.3, -0.25) is 0 Å². The van der Waals surface area contributed by atoms with E-state index in [2.05, 4.69) is 22.1 Å². The summed E-state index contributed by atoms with van der Waals surface area (Å²) in [6.45, 7) is 0.268. The number of aromatic nitrogens is 1. The van der Waals surface area contributed by atoms with Crippen molar-refractivity contribution < 1.29 is 13.9 Å². The Bertz CT molecular complexity index is 711. The number of rotatable bonds is 3. The van der Waals surface area contributed by atoms with Crippen LogP contribution in [-0.2, 0) is 11.3 Å². The van der Waals surface area contributed by atoms with Gasteiger partial charge in [0.25, 0.3) is 0 Å². The van der Waals surface area contributed by atoms with Gasteiger partial charge >= 0.3 is 6.09 Å². The van der Waals surface area contributed by atoms with Gasteiger partial charge in [-0.1, -0.05) is 53.8 Å². The first-order valence-corrected chi connectivity index (χ1v) is 6.77. The number of pyridine rings is 1. The molecular formula is C16H12ClFN2O2. The fraction of sp³-hybridized carbons (Fsp3) is 0.125. The Hall–Kier alpha value is -2.58. The van der Waals surface area contributed by atoms with Crippen LogP contribution in [0.25, 0.3) is 0 Å². The summed E-state index contributed by atoms with van der Waals surface area (Å²) in [7, 11) is 0. The molecular weight excluding hydrogens is 307 g/mol. The molecule has 2 aromatic rings. The van der Waals surface area contributed by atoms with Crippen molar-refractivity contribution in [2.75, 3.05) is 6.54 Å². The second kappa shape index (κ2) is 8.01. The first kappa shape index (κ1) is 15.8. The number of halogens is 2. The van der Waals surface area contributed by atoms with E-state index in [0.29, 0.717) is 5.56 Å². The fourth-order valence-electron chi connectivity index (χ4n) is 1.53. The molecule has 22 heavy (non-hydrogen) atoms. The summed E-state index contributed by atoms with van der Waals surface area (Å²) in [4.78, 5) is 15.1. The molecule has 4 nitrogen and oxygen atoms in total. The first-order valence-electron chi connectivity index (χ1n) is 6.39. The van der Waals surface area contributed by atoms with Gasteiger partial charge in [-0.15, -0.1) is 0 Å². The van der Waals surface area contributed by atoms with Crippen LogP contribution in [0, 0.1) is 17.7 Å². The molecule has 0 aliphatic rings. The minimum atomic E-state index is -0.635. The normalized spacial score (nSPS) is 9.55. The Morgan fingerprint density at radius 2 is 2.14 bits per heavy atom. The zero-order chi connectivity index (χ0) is 15.8. The van der Waals surface area contributed by atoms with Crippen molar-refractivity contribution in [1.82, 2.24) is 10.3 Å². The molecule has 1 aromatic carbocycles. The van der Waals surface area contributed by atoms with E-state index in [9.17, 15) is 9.18 Å². The minimum absolute atomic E-state index is 0.0812. The topological polar surface area (TPSA) is 51.2 Å². The van der Waals surface area contributed by atoms with Crippen LogP contribution in [0.3, 0.4) is 0 Å². The van der Waals surface area contributed by atoms with Crippen molar-refractivity contribution in [2.24, 2.45) is 0 Å².